The number of hydrogen-bond acceptors (Lipinski definition) is 4. The van der Waals surface area contributed by atoms with Crippen LogP contribution in [-0.4, -0.2) is 44.8 Å². The number of phenolic OH excluding ortho intramolecular Hbond substituents is 1. The Morgan fingerprint density at radius 2 is 1.79 bits per heavy atom. The van der Waals surface area contributed by atoms with Crippen LogP contribution in [0.1, 0.15) is 40.5 Å². The average Bonchev–Trinajstić information content (AvgIpc) is 3.50. The summed E-state index contributed by atoms with van der Waals surface area (Å²) >= 11 is 0. The Kier molecular flexibility index (Phi) is 4.21. The van der Waals surface area contributed by atoms with Gasteiger partial charge in [0.25, 0.3) is 0 Å². The highest BCUT2D eigenvalue weighted by Crippen LogP contribution is 2.69. The number of aromatic nitrogens is 1. The monoisotopic (exact) mass is 514 g/mol. The van der Waals surface area contributed by atoms with E-state index in [9.17, 15) is 10.2 Å². The van der Waals surface area contributed by atoms with E-state index in [0.29, 0.717) is 12.2 Å². The molecule has 4 atom stereocenters. The lowest BCUT2D eigenvalue weighted by Gasteiger charge is -2.62. The number of hydrogen-bond donors (Lipinski definition) is 3. The van der Waals surface area contributed by atoms with Gasteiger partial charge in [-0.05, 0) is 54.0 Å². The van der Waals surface area contributed by atoms with E-state index < -0.39 is 11.0 Å². The van der Waals surface area contributed by atoms with Crippen molar-refractivity contribution in [2.45, 2.75) is 48.8 Å². The number of nitrogens with one attached hydrogen (secondary N) is 1. The summed E-state index contributed by atoms with van der Waals surface area (Å²) in [5.74, 6) is 0.747. The topological polar surface area (TPSA) is 68.7 Å². The molecule has 1 fully saturated rings. The predicted molar refractivity (Wildman–Crippen MR) is 151 cm³/mol. The van der Waals surface area contributed by atoms with Gasteiger partial charge in [-0.1, -0.05) is 72.8 Å². The van der Waals surface area contributed by atoms with Gasteiger partial charge in [0.05, 0.1) is 22.2 Å². The molecule has 3 heterocycles. The van der Waals surface area contributed by atoms with Crippen LogP contribution in [0.25, 0.3) is 21.7 Å². The van der Waals surface area contributed by atoms with Crippen molar-refractivity contribution in [1.82, 2.24) is 9.88 Å². The number of nitrogens with zero attached hydrogens (tertiary/aromatic N) is 1. The fourth-order valence-corrected chi connectivity index (χ4v) is 8.70. The molecule has 5 nitrogen and oxygen atoms in total. The molecule has 4 aliphatic rings. The molecular weight excluding hydrogens is 484 g/mol. The molecule has 0 saturated carbocycles. The third-order valence-electron chi connectivity index (χ3n) is 10.4. The van der Waals surface area contributed by atoms with E-state index in [0.717, 1.165) is 60.1 Å². The van der Waals surface area contributed by atoms with Crippen molar-refractivity contribution in [2.24, 2.45) is 0 Å². The minimum atomic E-state index is -1.01. The molecule has 9 rings (SSSR count). The number of ether oxygens (including phenoxy) is 1. The molecule has 5 heteroatoms. The maximum absolute atomic E-state index is 13.1. The van der Waals surface area contributed by atoms with E-state index in [1.807, 2.05) is 0 Å². The first-order chi connectivity index (χ1) is 19.1. The highest BCUT2D eigenvalue weighted by molar-refractivity contribution is 6.07. The zero-order valence-corrected chi connectivity index (χ0v) is 21.7. The van der Waals surface area contributed by atoms with Crippen LogP contribution in [0.3, 0.4) is 0 Å². The van der Waals surface area contributed by atoms with Gasteiger partial charge in [0.15, 0.2) is 17.6 Å². The van der Waals surface area contributed by atoms with E-state index in [2.05, 4.69) is 82.7 Å². The molecule has 4 aromatic carbocycles. The average molecular weight is 515 g/mol. The second kappa shape index (κ2) is 7.44. The molecule has 3 N–H and O–H groups in total. The second-order valence-electron chi connectivity index (χ2n) is 12.0. The number of piperidine rings is 1. The third-order valence-corrected chi connectivity index (χ3v) is 10.4. The first kappa shape index (κ1) is 22.1. The first-order valence-electron chi connectivity index (χ1n) is 14.1. The highest BCUT2D eigenvalue weighted by atomic mass is 16.5. The van der Waals surface area contributed by atoms with Crippen molar-refractivity contribution < 1.29 is 14.9 Å². The van der Waals surface area contributed by atoms with Crippen LogP contribution < -0.4 is 4.74 Å². The predicted octanol–water partition coefficient (Wildman–Crippen LogP) is 5.56. The number of likely N-dealkylation sites (tertiary alicyclic amines) is 1. The molecule has 1 spiro atoms. The lowest BCUT2D eigenvalue weighted by atomic mass is 9.49. The fraction of sp³-hybridized carbons (Fsp3) is 0.294. The van der Waals surface area contributed by atoms with Crippen LogP contribution in [0.15, 0.2) is 78.9 Å². The van der Waals surface area contributed by atoms with E-state index >= 15 is 0 Å². The van der Waals surface area contributed by atoms with Crippen LogP contribution in [0.4, 0.5) is 0 Å². The summed E-state index contributed by atoms with van der Waals surface area (Å²) < 4.78 is 6.75. The van der Waals surface area contributed by atoms with Crippen molar-refractivity contribution in [3.8, 4) is 11.5 Å². The van der Waals surface area contributed by atoms with Gasteiger partial charge < -0.3 is 19.9 Å². The van der Waals surface area contributed by atoms with Gasteiger partial charge in [0.1, 0.15) is 0 Å². The quantitative estimate of drug-likeness (QED) is 0.295. The molecule has 2 aliphatic carbocycles. The summed E-state index contributed by atoms with van der Waals surface area (Å²) in [5.41, 5.74) is 5.30. The number of fused-ring (bicyclic) bond motifs is 6. The summed E-state index contributed by atoms with van der Waals surface area (Å²) in [6, 6.07) is 27.3. The molecule has 0 amide bonds. The maximum atomic E-state index is 13.1. The summed E-state index contributed by atoms with van der Waals surface area (Å²) in [4.78, 5) is 6.32. The number of aromatic amines is 1. The van der Waals surface area contributed by atoms with Crippen molar-refractivity contribution >= 4 is 21.7 Å². The summed E-state index contributed by atoms with van der Waals surface area (Å²) in [7, 11) is 0. The van der Waals surface area contributed by atoms with Gasteiger partial charge in [0, 0.05) is 35.3 Å². The van der Waals surface area contributed by atoms with Gasteiger partial charge in [-0.25, -0.2) is 0 Å². The number of aliphatic hydroxyl groups is 1. The Balaban J connectivity index is 1.25. The molecule has 39 heavy (non-hydrogen) atoms. The molecule has 2 aliphatic heterocycles. The van der Waals surface area contributed by atoms with Crippen LogP contribution in [0, 0.1) is 0 Å². The summed E-state index contributed by atoms with van der Waals surface area (Å²) in [6.07, 6.45) is 2.71. The molecule has 1 saturated heterocycles. The molecule has 5 aromatic rings. The van der Waals surface area contributed by atoms with Crippen LogP contribution in [0.5, 0.6) is 11.5 Å². The van der Waals surface area contributed by atoms with Gasteiger partial charge in [-0.2, -0.15) is 0 Å². The third kappa shape index (κ3) is 2.63. The van der Waals surface area contributed by atoms with Crippen molar-refractivity contribution in [3.05, 3.63) is 107 Å². The van der Waals surface area contributed by atoms with Gasteiger partial charge in [-0.15, -0.1) is 0 Å². The van der Waals surface area contributed by atoms with Crippen LogP contribution in [0.2, 0.25) is 0 Å². The SMILES string of the molecule is Oc1ccc2c3c1O[C@H]1c4[nH]c5c(ccc6ccccc65)c4C[C@@]4(O)[C@@H](C2)N(CCc2ccccc2)CC[C@]314. The Hall–Kier alpha value is -3.80. The Labute approximate surface area is 226 Å². The number of rotatable bonds is 3. The minimum Gasteiger partial charge on any atom is -0.504 e. The smallest absolute Gasteiger partial charge is 0.166 e. The van der Waals surface area contributed by atoms with Crippen molar-refractivity contribution in [2.75, 3.05) is 13.1 Å². The number of benzene rings is 4. The fourth-order valence-electron chi connectivity index (χ4n) is 8.70. The highest BCUT2D eigenvalue weighted by Gasteiger charge is 2.72. The van der Waals surface area contributed by atoms with Crippen molar-refractivity contribution in [1.29, 1.82) is 0 Å². The summed E-state index contributed by atoms with van der Waals surface area (Å²) in [6.45, 7) is 1.80. The first-order valence-corrected chi connectivity index (χ1v) is 14.1. The Bertz CT molecular complexity index is 1810. The normalized spacial score (nSPS) is 28.3. The van der Waals surface area contributed by atoms with Gasteiger partial charge in [-0.3, -0.25) is 4.90 Å². The molecule has 0 unspecified atom stereocenters. The van der Waals surface area contributed by atoms with Crippen LogP contribution in [-0.2, 0) is 24.7 Å². The summed E-state index contributed by atoms with van der Waals surface area (Å²) in [5, 5.41) is 27.6. The van der Waals surface area contributed by atoms with Crippen LogP contribution >= 0.6 is 0 Å². The second-order valence-corrected chi connectivity index (χ2v) is 12.0. The van der Waals surface area contributed by atoms with Gasteiger partial charge >= 0.3 is 0 Å². The lowest BCUT2D eigenvalue weighted by molar-refractivity contribution is -0.172. The lowest BCUT2D eigenvalue weighted by Crippen LogP contribution is -2.74. The van der Waals surface area contributed by atoms with Crippen molar-refractivity contribution in [3.63, 3.8) is 0 Å². The molecule has 194 valence electrons. The van der Waals surface area contributed by atoms with E-state index in [1.54, 1.807) is 6.07 Å². The van der Waals surface area contributed by atoms with E-state index in [4.69, 9.17) is 4.74 Å². The number of H-pyrrole nitrogens is 1. The molecule has 0 radical (unpaired) electrons. The Morgan fingerprint density at radius 3 is 2.69 bits per heavy atom. The molecule has 1 aromatic heterocycles. The zero-order chi connectivity index (χ0) is 25.9. The Morgan fingerprint density at radius 1 is 0.949 bits per heavy atom. The van der Waals surface area contributed by atoms with E-state index in [-0.39, 0.29) is 17.9 Å². The van der Waals surface area contributed by atoms with Gasteiger partial charge in [0.2, 0.25) is 0 Å². The van der Waals surface area contributed by atoms with E-state index in [1.165, 1.54) is 21.9 Å². The molecular formula is C34H30N2O3. The minimum absolute atomic E-state index is 0.0254. The zero-order valence-electron chi connectivity index (χ0n) is 21.7. The largest absolute Gasteiger partial charge is 0.504 e. The standard InChI is InChI=1S/C34H30N2O3/c37-26-13-11-22-18-27-34(38)19-25-24-12-10-21-8-4-5-9-23(21)29(24)35-30(25)32-33(34,28(22)31(26)39-32)15-17-36(27)16-14-20-6-2-1-3-7-20/h1-13,27,32,35,37-38H,14-19H2/t27-,32+,33+,34-/m1/s1. The maximum Gasteiger partial charge on any atom is 0.166 e. The molecule has 2 bridgehead atoms. The number of phenols is 1. The number of aromatic hydroxyl groups is 1.